The molecule has 0 bridgehead atoms. The van der Waals surface area contributed by atoms with Gasteiger partial charge in [0.25, 0.3) is 0 Å². The minimum absolute atomic E-state index is 0.0612. The van der Waals surface area contributed by atoms with E-state index in [0.717, 1.165) is 25.9 Å². The molecule has 2 aromatic carbocycles. The molecule has 2 aromatic rings. The first-order valence-corrected chi connectivity index (χ1v) is 8.26. The molecule has 3 rings (SSSR count). The summed E-state index contributed by atoms with van der Waals surface area (Å²) in [5, 5.41) is 6.49. The number of hydrogen-bond donors (Lipinski definition) is 0. The van der Waals surface area contributed by atoms with E-state index < -0.39 is 0 Å². The fraction of sp³-hybridized carbons (Fsp3) is 0.421. The van der Waals surface area contributed by atoms with Crippen LogP contribution in [-0.2, 0) is 20.7 Å². The lowest BCUT2D eigenvalue weighted by Crippen LogP contribution is -2.23. The van der Waals surface area contributed by atoms with Crippen molar-refractivity contribution < 1.29 is 14.3 Å². The van der Waals surface area contributed by atoms with Gasteiger partial charge >= 0.3 is 0 Å². The average Bonchev–Trinajstić information content (AvgIpc) is 2.61. The smallest absolute Gasteiger partial charge is 0.157 e. The highest BCUT2D eigenvalue weighted by molar-refractivity contribution is 5.83. The molecule has 1 atom stereocenters. The van der Waals surface area contributed by atoms with E-state index in [1.54, 1.807) is 6.21 Å². The second-order valence-corrected chi connectivity index (χ2v) is 5.67. The predicted molar refractivity (Wildman–Crippen MR) is 91.6 cm³/mol. The first kappa shape index (κ1) is 16.0. The van der Waals surface area contributed by atoms with Gasteiger partial charge in [-0.1, -0.05) is 47.6 Å². The molecule has 0 aliphatic carbocycles. The summed E-state index contributed by atoms with van der Waals surface area (Å²) in [5.74, 6) is 0. The molecule has 1 aliphatic rings. The Morgan fingerprint density at radius 2 is 2.00 bits per heavy atom. The summed E-state index contributed by atoms with van der Waals surface area (Å²) in [7, 11) is 0. The summed E-state index contributed by atoms with van der Waals surface area (Å²) in [6.07, 6.45) is 5.78. The van der Waals surface area contributed by atoms with Crippen LogP contribution >= 0.6 is 0 Å². The van der Waals surface area contributed by atoms with Crippen molar-refractivity contribution in [3.63, 3.8) is 0 Å². The molecule has 1 unspecified atom stereocenters. The zero-order valence-corrected chi connectivity index (χ0v) is 13.3. The topological polar surface area (TPSA) is 40.0 Å². The van der Waals surface area contributed by atoms with Crippen LogP contribution in [0.3, 0.4) is 0 Å². The second-order valence-electron chi connectivity index (χ2n) is 5.67. The molecule has 0 aromatic heterocycles. The zero-order valence-electron chi connectivity index (χ0n) is 13.3. The number of rotatable bonds is 7. The molecule has 0 amide bonds. The fourth-order valence-electron chi connectivity index (χ4n) is 2.67. The van der Waals surface area contributed by atoms with Crippen molar-refractivity contribution in [1.29, 1.82) is 0 Å². The minimum Gasteiger partial charge on any atom is -0.394 e. The van der Waals surface area contributed by atoms with Crippen LogP contribution in [0.5, 0.6) is 0 Å². The maximum atomic E-state index is 5.57. The monoisotopic (exact) mass is 313 g/mol. The Morgan fingerprint density at radius 1 is 1.09 bits per heavy atom. The van der Waals surface area contributed by atoms with Crippen LogP contribution in [0.4, 0.5) is 0 Å². The quantitative estimate of drug-likeness (QED) is 0.442. The van der Waals surface area contributed by atoms with Gasteiger partial charge in [-0.2, -0.15) is 0 Å². The molecule has 1 saturated heterocycles. The zero-order chi connectivity index (χ0) is 15.7. The summed E-state index contributed by atoms with van der Waals surface area (Å²) >= 11 is 0. The number of nitrogens with zero attached hydrogens (tertiary/aromatic N) is 1. The van der Waals surface area contributed by atoms with Gasteiger partial charge < -0.3 is 14.3 Å². The van der Waals surface area contributed by atoms with Gasteiger partial charge in [0.05, 0.1) is 6.61 Å². The van der Waals surface area contributed by atoms with E-state index in [2.05, 4.69) is 47.6 Å². The van der Waals surface area contributed by atoms with Gasteiger partial charge in [-0.25, -0.2) is 0 Å². The van der Waals surface area contributed by atoms with Crippen LogP contribution in [-0.4, -0.2) is 32.3 Å². The van der Waals surface area contributed by atoms with E-state index in [4.69, 9.17) is 14.3 Å². The number of ether oxygens (including phenoxy) is 2. The molecule has 0 saturated carbocycles. The predicted octanol–water partition coefficient (Wildman–Crippen LogP) is 3.93. The fourth-order valence-corrected chi connectivity index (χ4v) is 2.67. The van der Waals surface area contributed by atoms with Crippen LogP contribution in [0.1, 0.15) is 24.8 Å². The first-order chi connectivity index (χ1) is 11.4. The number of fused-ring (bicyclic) bond motifs is 1. The molecule has 0 spiro atoms. The molecule has 1 heterocycles. The van der Waals surface area contributed by atoms with E-state index in [-0.39, 0.29) is 6.29 Å². The van der Waals surface area contributed by atoms with Crippen molar-refractivity contribution in [2.75, 3.05) is 19.8 Å². The van der Waals surface area contributed by atoms with E-state index >= 15 is 0 Å². The molecular formula is C19H23NO3. The van der Waals surface area contributed by atoms with E-state index in [9.17, 15) is 0 Å². The molecule has 122 valence electrons. The van der Waals surface area contributed by atoms with Gasteiger partial charge in [0.15, 0.2) is 6.29 Å². The van der Waals surface area contributed by atoms with Crippen LogP contribution in [0, 0.1) is 0 Å². The SMILES string of the molecule is C(Cc1ccc2ccccc2c1)=NOCCOC1CCCCO1. The molecule has 4 nitrogen and oxygen atoms in total. The molecular weight excluding hydrogens is 290 g/mol. The number of oxime groups is 1. The third-order valence-corrected chi connectivity index (χ3v) is 3.91. The van der Waals surface area contributed by atoms with Crippen LogP contribution in [0.25, 0.3) is 10.8 Å². The van der Waals surface area contributed by atoms with Gasteiger partial charge in [-0.3, -0.25) is 0 Å². The van der Waals surface area contributed by atoms with E-state index in [0.29, 0.717) is 13.2 Å². The molecule has 1 aliphatic heterocycles. The summed E-state index contributed by atoms with van der Waals surface area (Å²) in [5.41, 5.74) is 1.22. The number of benzene rings is 2. The third kappa shape index (κ3) is 5.05. The van der Waals surface area contributed by atoms with Gasteiger partial charge in [-0.15, -0.1) is 0 Å². The Morgan fingerprint density at radius 3 is 2.87 bits per heavy atom. The van der Waals surface area contributed by atoms with Crippen molar-refractivity contribution in [3.8, 4) is 0 Å². The summed E-state index contributed by atoms with van der Waals surface area (Å²) in [4.78, 5) is 5.22. The van der Waals surface area contributed by atoms with E-state index in [1.165, 1.54) is 22.8 Å². The van der Waals surface area contributed by atoms with E-state index in [1.807, 2.05) is 0 Å². The normalized spacial score (nSPS) is 18.5. The van der Waals surface area contributed by atoms with Crippen LogP contribution in [0.15, 0.2) is 47.6 Å². The Bertz CT molecular complexity index is 635. The first-order valence-electron chi connectivity index (χ1n) is 8.26. The summed E-state index contributed by atoms with van der Waals surface area (Å²) in [6.45, 7) is 1.77. The Hall–Kier alpha value is -1.91. The lowest BCUT2D eigenvalue weighted by Gasteiger charge is -2.22. The molecule has 4 heteroatoms. The third-order valence-electron chi connectivity index (χ3n) is 3.91. The number of hydrogen-bond acceptors (Lipinski definition) is 4. The standard InChI is InChI=1S/C19H23NO3/c1-2-6-18-15-16(8-9-17(18)5-1)10-11-20-23-14-13-22-19-7-3-4-12-21-19/h1-2,5-6,8-9,11,15,19H,3-4,7,10,12-14H2. The highest BCUT2D eigenvalue weighted by Crippen LogP contribution is 2.15. The highest BCUT2D eigenvalue weighted by Gasteiger charge is 2.13. The van der Waals surface area contributed by atoms with Crippen molar-refractivity contribution in [2.24, 2.45) is 5.16 Å². The summed E-state index contributed by atoms with van der Waals surface area (Å²) < 4.78 is 11.1. The van der Waals surface area contributed by atoms with Crippen molar-refractivity contribution in [1.82, 2.24) is 0 Å². The maximum Gasteiger partial charge on any atom is 0.157 e. The van der Waals surface area contributed by atoms with Crippen molar-refractivity contribution in [2.45, 2.75) is 32.0 Å². The highest BCUT2D eigenvalue weighted by atomic mass is 16.7. The molecule has 23 heavy (non-hydrogen) atoms. The largest absolute Gasteiger partial charge is 0.394 e. The lowest BCUT2D eigenvalue weighted by molar-refractivity contribution is -0.169. The van der Waals surface area contributed by atoms with Crippen LogP contribution < -0.4 is 0 Å². The second kappa shape index (κ2) is 8.65. The van der Waals surface area contributed by atoms with Crippen molar-refractivity contribution >= 4 is 17.0 Å². The van der Waals surface area contributed by atoms with Gasteiger partial charge in [-0.05, 0) is 35.6 Å². The average molecular weight is 313 g/mol. The minimum atomic E-state index is -0.0612. The molecule has 0 radical (unpaired) electrons. The lowest BCUT2D eigenvalue weighted by atomic mass is 10.1. The van der Waals surface area contributed by atoms with Gasteiger partial charge in [0.1, 0.15) is 6.61 Å². The Kier molecular flexibility index (Phi) is 6.01. The Labute approximate surface area is 137 Å². The van der Waals surface area contributed by atoms with Gasteiger partial charge in [0.2, 0.25) is 0 Å². The summed E-state index contributed by atoms with van der Waals surface area (Å²) in [6, 6.07) is 14.8. The van der Waals surface area contributed by atoms with Crippen LogP contribution in [0.2, 0.25) is 0 Å². The maximum absolute atomic E-state index is 5.57. The molecule has 0 N–H and O–H groups in total. The molecule has 1 fully saturated rings. The van der Waals surface area contributed by atoms with Crippen molar-refractivity contribution in [3.05, 3.63) is 48.0 Å². The van der Waals surface area contributed by atoms with Gasteiger partial charge in [0, 0.05) is 19.2 Å². The Balaban J connectivity index is 1.35.